The Morgan fingerprint density at radius 1 is 1.26 bits per heavy atom. The van der Waals surface area contributed by atoms with Crippen LogP contribution < -0.4 is 14.8 Å². The van der Waals surface area contributed by atoms with Crippen LogP contribution in [0.15, 0.2) is 59.8 Å². The highest BCUT2D eigenvalue weighted by atomic mass is 32.2. The van der Waals surface area contributed by atoms with Crippen molar-refractivity contribution in [2.45, 2.75) is 29.8 Å². The molecule has 0 spiro atoms. The summed E-state index contributed by atoms with van der Waals surface area (Å²) in [4.78, 5) is 0.0719. The van der Waals surface area contributed by atoms with Crippen LogP contribution in [0.5, 0.6) is 5.75 Å². The smallest absolute Gasteiger partial charge is 0.265 e. The number of aliphatic hydroxyl groups excluding tert-OH is 1. The van der Waals surface area contributed by atoms with Gasteiger partial charge in [0.15, 0.2) is 0 Å². The van der Waals surface area contributed by atoms with Gasteiger partial charge in [0, 0.05) is 49.4 Å². The minimum atomic E-state index is -3.75. The molecule has 4 N–H and O–H groups in total. The van der Waals surface area contributed by atoms with E-state index in [0.29, 0.717) is 36.9 Å². The zero-order valence-corrected chi connectivity index (χ0v) is 20.1. The molecule has 35 heavy (non-hydrogen) atoms. The Bertz CT molecular complexity index is 1430. The second-order valence-electron chi connectivity index (χ2n) is 8.74. The number of nitrogens with zero attached hydrogens (tertiary/aromatic N) is 3. The quantitative estimate of drug-likeness (QED) is 0.235. The minimum Gasteiger partial charge on any atom is -0.492 e. The van der Waals surface area contributed by atoms with E-state index in [9.17, 15) is 13.5 Å². The molecule has 1 fully saturated rings. The summed E-state index contributed by atoms with van der Waals surface area (Å²) in [5.74, 6) is 1.35. The summed E-state index contributed by atoms with van der Waals surface area (Å²) in [5, 5.41) is 26.3. The van der Waals surface area contributed by atoms with Crippen LogP contribution in [-0.4, -0.2) is 53.2 Å². The Kier molecular flexibility index (Phi) is 6.46. The third kappa shape index (κ3) is 5.47. The number of fused-ring (bicyclic) bond motifs is 1. The average Bonchev–Trinajstić information content (AvgIpc) is 3.43. The molecule has 2 heterocycles. The van der Waals surface area contributed by atoms with Gasteiger partial charge in [0.2, 0.25) is 0 Å². The van der Waals surface area contributed by atoms with Crippen LogP contribution in [0.1, 0.15) is 36.1 Å². The van der Waals surface area contributed by atoms with Gasteiger partial charge in [-0.05, 0) is 42.7 Å². The third-order valence-electron chi connectivity index (χ3n) is 5.93. The number of aryl methyl sites for hydroxylation is 1. The molecule has 0 saturated heterocycles. The normalized spacial score (nSPS) is 14.8. The maximum Gasteiger partial charge on any atom is 0.265 e. The molecule has 2 aromatic carbocycles. The molecule has 0 radical (unpaired) electrons. The van der Waals surface area contributed by atoms with E-state index < -0.39 is 16.1 Å². The first-order valence-corrected chi connectivity index (χ1v) is 13.0. The van der Waals surface area contributed by atoms with E-state index in [-0.39, 0.29) is 4.90 Å². The van der Waals surface area contributed by atoms with E-state index in [4.69, 9.17) is 4.74 Å². The summed E-state index contributed by atoms with van der Waals surface area (Å²) >= 11 is 0. The molecule has 10 nitrogen and oxygen atoms in total. The maximum atomic E-state index is 12.5. The van der Waals surface area contributed by atoms with E-state index in [1.807, 2.05) is 12.1 Å². The zero-order valence-electron chi connectivity index (χ0n) is 19.3. The van der Waals surface area contributed by atoms with Crippen LogP contribution in [-0.2, 0) is 17.1 Å². The number of aromatic amines is 1. The number of H-pyrrole nitrogens is 1. The first-order chi connectivity index (χ1) is 16.9. The van der Waals surface area contributed by atoms with Crippen molar-refractivity contribution in [3.05, 3.63) is 66.1 Å². The lowest BCUT2D eigenvalue weighted by molar-refractivity contribution is 0.172. The molecular formula is C24H28N6O4S. The highest BCUT2D eigenvalue weighted by molar-refractivity contribution is 7.92. The van der Waals surface area contributed by atoms with Gasteiger partial charge < -0.3 is 15.2 Å². The third-order valence-corrected chi connectivity index (χ3v) is 7.26. The predicted octanol–water partition coefficient (Wildman–Crippen LogP) is 2.68. The summed E-state index contributed by atoms with van der Waals surface area (Å²) in [6, 6.07) is 12.7. The van der Waals surface area contributed by atoms with Gasteiger partial charge in [0.1, 0.15) is 17.3 Å². The van der Waals surface area contributed by atoms with Gasteiger partial charge in [-0.1, -0.05) is 12.1 Å². The monoisotopic (exact) mass is 496 g/mol. The molecule has 11 heteroatoms. The summed E-state index contributed by atoms with van der Waals surface area (Å²) < 4.78 is 34.8. The number of aliphatic hydroxyl groups is 1. The van der Waals surface area contributed by atoms with Crippen LogP contribution in [0.3, 0.4) is 0 Å². The number of sulfonamides is 1. The van der Waals surface area contributed by atoms with Crippen molar-refractivity contribution in [3.63, 3.8) is 0 Å². The van der Waals surface area contributed by atoms with Crippen molar-refractivity contribution in [2.75, 3.05) is 24.4 Å². The number of aromatic nitrogens is 4. The lowest BCUT2D eigenvalue weighted by atomic mass is 10.1. The van der Waals surface area contributed by atoms with Crippen molar-refractivity contribution in [1.82, 2.24) is 25.3 Å². The number of nitrogens with one attached hydrogen (secondary N) is 3. The van der Waals surface area contributed by atoms with Crippen LogP contribution in [0.4, 0.5) is 5.69 Å². The molecule has 1 aliphatic carbocycles. The number of benzene rings is 2. The Morgan fingerprint density at radius 2 is 2.11 bits per heavy atom. The van der Waals surface area contributed by atoms with Crippen molar-refractivity contribution in [3.8, 4) is 5.75 Å². The molecule has 1 unspecified atom stereocenters. The highest BCUT2D eigenvalue weighted by Gasteiger charge is 2.27. The number of hydrogen-bond donors (Lipinski definition) is 4. The SMILES string of the molecule is Cn1cc(S(=O)(=O)Nc2cccc(C(O)CNCCOc3ccc4c(C5CC5)n[nH]c4c3)c2)cn1. The second-order valence-corrected chi connectivity index (χ2v) is 10.4. The second kappa shape index (κ2) is 9.68. The van der Waals surface area contributed by atoms with Crippen molar-refractivity contribution < 1.29 is 18.3 Å². The fraction of sp³-hybridized carbons (Fsp3) is 0.333. The molecule has 0 amide bonds. The van der Waals surface area contributed by atoms with Crippen LogP contribution in [0.25, 0.3) is 10.9 Å². The molecular weight excluding hydrogens is 468 g/mol. The van der Waals surface area contributed by atoms with Gasteiger partial charge in [-0.15, -0.1) is 0 Å². The molecule has 5 rings (SSSR count). The number of rotatable bonds is 11. The Hall–Kier alpha value is -3.41. The molecule has 4 aromatic rings. The predicted molar refractivity (Wildman–Crippen MR) is 132 cm³/mol. The maximum absolute atomic E-state index is 12.5. The lowest BCUT2D eigenvalue weighted by Gasteiger charge is -2.14. The minimum absolute atomic E-state index is 0.0719. The van der Waals surface area contributed by atoms with Gasteiger partial charge in [-0.3, -0.25) is 14.5 Å². The fourth-order valence-electron chi connectivity index (χ4n) is 3.94. The molecule has 1 saturated carbocycles. The summed E-state index contributed by atoms with van der Waals surface area (Å²) in [5.41, 5.74) is 3.09. The molecule has 0 bridgehead atoms. The van der Waals surface area contributed by atoms with Crippen molar-refractivity contribution >= 4 is 26.6 Å². The van der Waals surface area contributed by atoms with Gasteiger partial charge in [-0.25, -0.2) is 8.42 Å². The van der Waals surface area contributed by atoms with Crippen LogP contribution >= 0.6 is 0 Å². The van der Waals surface area contributed by atoms with E-state index in [0.717, 1.165) is 22.3 Å². The number of hydrogen-bond acceptors (Lipinski definition) is 7. The molecule has 2 aromatic heterocycles. The zero-order chi connectivity index (χ0) is 24.4. The van der Waals surface area contributed by atoms with Gasteiger partial charge in [0.25, 0.3) is 10.0 Å². The van der Waals surface area contributed by atoms with Crippen molar-refractivity contribution in [2.24, 2.45) is 7.05 Å². The van der Waals surface area contributed by atoms with E-state index in [1.54, 1.807) is 31.3 Å². The topological polar surface area (TPSA) is 134 Å². The largest absolute Gasteiger partial charge is 0.492 e. The lowest BCUT2D eigenvalue weighted by Crippen LogP contribution is -2.26. The highest BCUT2D eigenvalue weighted by Crippen LogP contribution is 2.42. The van der Waals surface area contributed by atoms with E-state index in [2.05, 4.69) is 31.4 Å². The fourth-order valence-corrected chi connectivity index (χ4v) is 4.97. The number of anilines is 1. The molecule has 1 aliphatic rings. The van der Waals surface area contributed by atoms with E-state index in [1.165, 1.54) is 29.9 Å². The van der Waals surface area contributed by atoms with Crippen LogP contribution in [0, 0.1) is 0 Å². The Morgan fingerprint density at radius 3 is 2.89 bits per heavy atom. The van der Waals surface area contributed by atoms with Gasteiger partial charge in [-0.2, -0.15) is 10.2 Å². The summed E-state index contributed by atoms with van der Waals surface area (Å²) in [7, 11) is -2.10. The van der Waals surface area contributed by atoms with Gasteiger partial charge >= 0.3 is 0 Å². The van der Waals surface area contributed by atoms with Crippen molar-refractivity contribution in [1.29, 1.82) is 0 Å². The molecule has 0 aliphatic heterocycles. The average molecular weight is 497 g/mol. The van der Waals surface area contributed by atoms with E-state index >= 15 is 0 Å². The first-order valence-electron chi connectivity index (χ1n) is 11.5. The standard InChI is InChI=1S/C24H28N6O4S/c1-30-15-20(13-26-30)35(32,33)29-18-4-2-3-17(11-18)23(31)14-25-9-10-34-19-7-8-21-22(12-19)27-28-24(21)16-5-6-16/h2-4,7-8,11-13,15-16,23,25,29,31H,5-6,9-10,14H2,1H3,(H,27,28). The first kappa shape index (κ1) is 23.3. The Labute approximate surface area is 203 Å². The number of ether oxygens (including phenoxy) is 1. The van der Waals surface area contributed by atoms with Gasteiger partial charge in [0.05, 0.1) is 23.5 Å². The summed E-state index contributed by atoms with van der Waals surface area (Å²) in [6.45, 7) is 1.28. The van der Waals surface area contributed by atoms with Crippen LogP contribution in [0.2, 0.25) is 0 Å². The summed E-state index contributed by atoms with van der Waals surface area (Å²) in [6.07, 6.45) is 4.32. The Balaban J connectivity index is 1.10. The molecule has 184 valence electrons. The molecule has 1 atom stereocenters.